The average molecular weight is 562 g/mol. The molecule has 1 fully saturated rings. The summed E-state index contributed by atoms with van der Waals surface area (Å²) >= 11 is 11.6. The van der Waals surface area contributed by atoms with Gasteiger partial charge in [0.2, 0.25) is 0 Å². The number of esters is 1. The van der Waals surface area contributed by atoms with E-state index >= 15 is 0 Å². The number of aromatic amines is 1. The van der Waals surface area contributed by atoms with Gasteiger partial charge in [0.1, 0.15) is 29.4 Å². The smallest absolute Gasteiger partial charge is 0.459 e. The van der Waals surface area contributed by atoms with Crippen molar-refractivity contribution in [3.63, 3.8) is 0 Å². The number of rotatable bonds is 10. The summed E-state index contributed by atoms with van der Waals surface area (Å²) in [7, 11) is -4.17. The van der Waals surface area contributed by atoms with E-state index in [9.17, 15) is 19.3 Å². The quantitative estimate of drug-likeness (QED) is 0.171. The van der Waals surface area contributed by atoms with Gasteiger partial charge in [-0.05, 0) is 52.0 Å². The van der Waals surface area contributed by atoms with Gasteiger partial charge in [0, 0.05) is 11.8 Å². The van der Waals surface area contributed by atoms with Gasteiger partial charge in [0.25, 0.3) is 5.56 Å². The average Bonchev–Trinajstić information content (AvgIpc) is 3.08. The van der Waals surface area contributed by atoms with Crippen molar-refractivity contribution in [1.82, 2.24) is 14.6 Å². The number of carbonyl (C=O) groups is 1. The molecule has 3 rings (SSSR count). The SMILES string of the molecule is Cc1cn([C@H]2O[C@@H](COP(=O)(N[C@@H](C)C(=O)OC(C)C)Oc3ccccc3)[C@@H](O)C2Cl)c(=S)[nH]c1=O. The summed E-state index contributed by atoms with van der Waals surface area (Å²) in [6, 6.07) is 7.22. The van der Waals surface area contributed by atoms with Crippen LogP contribution in [0.4, 0.5) is 0 Å². The van der Waals surface area contributed by atoms with E-state index in [-0.39, 0.29) is 22.2 Å². The summed E-state index contributed by atoms with van der Waals surface area (Å²) in [4.78, 5) is 26.6. The highest BCUT2D eigenvalue weighted by Crippen LogP contribution is 2.46. The Balaban J connectivity index is 1.77. The van der Waals surface area contributed by atoms with Crippen LogP contribution in [0.5, 0.6) is 5.75 Å². The highest BCUT2D eigenvalue weighted by molar-refractivity contribution is 7.71. The molecule has 0 radical (unpaired) electrons. The zero-order valence-corrected chi connectivity index (χ0v) is 22.6. The van der Waals surface area contributed by atoms with Gasteiger partial charge < -0.3 is 19.1 Å². The molecule has 1 aromatic carbocycles. The van der Waals surface area contributed by atoms with Crippen LogP contribution in [0.15, 0.2) is 41.3 Å². The van der Waals surface area contributed by atoms with Crippen LogP contribution in [0.25, 0.3) is 0 Å². The predicted octanol–water partition coefficient (Wildman–Crippen LogP) is 3.21. The van der Waals surface area contributed by atoms with Crippen molar-refractivity contribution < 1.29 is 33.0 Å². The molecule has 2 aromatic rings. The molecule has 36 heavy (non-hydrogen) atoms. The lowest BCUT2D eigenvalue weighted by molar-refractivity contribution is -0.149. The number of ether oxygens (including phenoxy) is 2. The Morgan fingerprint density at radius 1 is 1.33 bits per heavy atom. The number of aryl methyl sites for hydroxylation is 1. The van der Waals surface area contributed by atoms with Crippen LogP contribution in [0.1, 0.15) is 32.6 Å². The van der Waals surface area contributed by atoms with Crippen molar-refractivity contribution in [2.75, 3.05) is 6.61 Å². The van der Waals surface area contributed by atoms with Crippen molar-refractivity contribution >= 4 is 37.5 Å². The summed E-state index contributed by atoms with van der Waals surface area (Å²) in [6.45, 7) is 6.03. The lowest BCUT2D eigenvalue weighted by Crippen LogP contribution is -2.37. The van der Waals surface area contributed by atoms with Gasteiger partial charge in [-0.25, -0.2) is 4.57 Å². The third-order valence-electron chi connectivity index (χ3n) is 5.15. The summed E-state index contributed by atoms with van der Waals surface area (Å²) in [5, 5.41) is 12.3. The first kappa shape index (κ1) is 28.5. The third-order valence-corrected chi connectivity index (χ3v) is 7.58. The molecular weight excluding hydrogens is 533 g/mol. The first-order valence-corrected chi connectivity index (χ1v) is 13.6. The van der Waals surface area contributed by atoms with E-state index in [4.69, 9.17) is 42.3 Å². The molecule has 1 aliphatic rings. The number of halogens is 1. The molecule has 0 saturated carbocycles. The number of nitrogens with zero attached hydrogens (tertiary/aromatic N) is 1. The van der Waals surface area contributed by atoms with Crippen LogP contribution in [-0.2, 0) is 23.4 Å². The number of hydrogen-bond acceptors (Lipinski definition) is 9. The maximum absolute atomic E-state index is 13.6. The molecule has 14 heteroatoms. The normalized spacial score (nSPS) is 24.3. The fourth-order valence-electron chi connectivity index (χ4n) is 3.35. The Bertz CT molecular complexity index is 1220. The lowest BCUT2D eigenvalue weighted by Gasteiger charge is -2.25. The predicted molar refractivity (Wildman–Crippen MR) is 135 cm³/mol. The molecule has 0 amide bonds. The number of hydrogen-bond donors (Lipinski definition) is 3. The molecule has 0 bridgehead atoms. The monoisotopic (exact) mass is 561 g/mol. The second-order valence-corrected chi connectivity index (χ2v) is 11.1. The fourth-order valence-corrected chi connectivity index (χ4v) is 5.44. The molecule has 1 aromatic heterocycles. The summed E-state index contributed by atoms with van der Waals surface area (Å²) in [5.41, 5.74) is 0.0217. The van der Waals surface area contributed by atoms with E-state index in [0.29, 0.717) is 5.56 Å². The second-order valence-electron chi connectivity index (χ2n) is 8.51. The summed E-state index contributed by atoms with van der Waals surface area (Å²) in [6.07, 6.45) is -2.09. The molecule has 198 valence electrons. The number of aromatic nitrogens is 2. The Labute approximate surface area is 218 Å². The molecule has 11 nitrogen and oxygen atoms in total. The van der Waals surface area contributed by atoms with Crippen molar-refractivity contribution in [2.45, 2.75) is 63.7 Å². The van der Waals surface area contributed by atoms with E-state index < -0.39 is 50.2 Å². The highest BCUT2D eigenvalue weighted by atomic mass is 35.5. The van der Waals surface area contributed by atoms with Crippen LogP contribution < -0.4 is 15.2 Å². The van der Waals surface area contributed by atoms with Crippen LogP contribution in [-0.4, -0.2) is 57.0 Å². The third kappa shape index (κ3) is 7.04. The van der Waals surface area contributed by atoms with Gasteiger partial charge in [-0.3, -0.25) is 23.7 Å². The molecule has 1 aliphatic heterocycles. The number of benzene rings is 1. The van der Waals surface area contributed by atoms with Gasteiger partial charge in [-0.2, -0.15) is 5.09 Å². The Hall–Kier alpha value is -2.05. The summed E-state index contributed by atoms with van der Waals surface area (Å²) in [5.74, 6) is -0.417. The van der Waals surface area contributed by atoms with E-state index in [2.05, 4.69) is 10.1 Å². The number of carbonyl (C=O) groups excluding carboxylic acids is 1. The maximum Gasteiger partial charge on any atom is 0.459 e. The van der Waals surface area contributed by atoms with Crippen LogP contribution >= 0.6 is 31.6 Å². The van der Waals surface area contributed by atoms with Gasteiger partial charge >= 0.3 is 13.7 Å². The Morgan fingerprint density at radius 3 is 2.64 bits per heavy atom. The number of para-hydroxylation sites is 1. The fraction of sp³-hybridized carbons (Fsp3) is 0.500. The Kier molecular flexibility index (Phi) is 9.50. The van der Waals surface area contributed by atoms with Crippen LogP contribution in [0, 0.1) is 11.7 Å². The summed E-state index contributed by atoms with van der Waals surface area (Å²) < 4.78 is 37.3. The molecular formula is C22H29ClN3O8PS. The van der Waals surface area contributed by atoms with Crippen LogP contribution in [0.3, 0.4) is 0 Å². The topological polar surface area (TPSA) is 141 Å². The van der Waals surface area contributed by atoms with Gasteiger partial charge in [0.05, 0.1) is 12.7 Å². The number of H-pyrrole nitrogens is 1. The molecule has 0 aliphatic carbocycles. The van der Waals surface area contributed by atoms with E-state index in [0.717, 1.165) is 0 Å². The van der Waals surface area contributed by atoms with Crippen molar-refractivity contribution in [2.24, 2.45) is 0 Å². The van der Waals surface area contributed by atoms with Crippen molar-refractivity contribution in [3.05, 3.63) is 57.2 Å². The minimum absolute atomic E-state index is 0.0623. The van der Waals surface area contributed by atoms with Crippen molar-refractivity contribution in [3.8, 4) is 5.75 Å². The minimum atomic E-state index is -4.17. The second kappa shape index (κ2) is 12.0. The van der Waals surface area contributed by atoms with E-state index in [1.54, 1.807) is 51.1 Å². The standard InChI is InChI=1S/C22H29ClN3O8PS/c1-12(2)32-21(29)14(4)25-35(30,34-15-8-6-5-7-9-15)31-11-16-18(27)17(23)20(33-16)26-10-13(3)19(28)24-22(26)36/h5-10,12,14,16-18,20,27H,11H2,1-4H3,(H,25,30)(H,24,28,36)/t14-,16-,17?,18+,20-,35?/m0/s1. The Morgan fingerprint density at radius 2 is 2.00 bits per heavy atom. The largest absolute Gasteiger partial charge is 0.462 e. The molecule has 2 unspecified atom stereocenters. The molecule has 6 atom stereocenters. The van der Waals surface area contributed by atoms with Crippen LogP contribution in [0.2, 0.25) is 0 Å². The molecule has 3 N–H and O–H groups in total. The first-order valence-electron chi connectivity index (χ1n) is 11.2. The molecule has 0 spiro atoms. The first-order chi connectivity index (χ1) is 16.9. The van der Waals surface area contributed by atoms with Gasteiger partial charge in [-0.15, -0.1) is 11.6 Å². The van der Waals surface area contributed by atoms with E-state index in [1.807, 2.05) is 0 Å². The molecule has 2 heterocycles. The number of nitrogens with one attached hydrogen (secondary N) is 2. The van der Waals surface area contributed by atoms with E-state index in [1.165, 1.54) is 17.7 Å². The maximum atomic E-state index is 13.6. The highest BCUT2D eigenvalue weighted by Gasteiger charge is 2.45. The number of aliphatic hydroxyl groups is 1. The van der Waals surface area contributed by atoms with Crippen molar-refractivity contribution in [1.29, 1.82) is 0 Å². The minimum Gasteiger partial charge on any atom is -0.462 e. The van der Waals surface area contributed by atoms with Gasteiger partial charge in [0.15, 0.2) is 11.0 Å². The zero-order chi connectivity index (χ0) is 26.6. The number of aliphatic hydroxyl groups excluding tert-OH is 1. The van der Waals surface area contributed by atoms with Gasteiger partial charge in [-0.1, -0.05) is 18.2 Å². The molecule has 1 saturated heterocycles. The zero-order valence-electron chi connectivity index (χ0n) is 20.1. The lowest BCUT2D eigenvalue weighted by atomic mass is 10.2. The number of alkyl halides is 1.